The molecule has 10 heteroatoms. The second-order valence-electron chi connectivity index (χ2n) is 4.84. The zero-order valence-corrected chi connectivity index (χ0v) is 12.7. The maximum Gasteiger partial charge on any atom is 0.339 e. The Morgan fingerprint density at radius 1 is 1.33 bits per heavy atom. The average molecular weight is 338 g/mol. The highest BCUT2D eigenvalue weighted by Gasteiger charge is 2.23. The summed E-state index contributed by atoms with van der Waals surface area (Å²) in [7, 11) is 0. The number of ether oxygens (including phenoxy) is 2. The molecule has 0 saturated heterocycles. The minimum Gasteiger partial charge on any atom is -0.508 e. The van der Waals surface area contributed by atoms with Crippen LogP contribution in [0.5, 0.6) is 17.2 Å². The lowest BCUT2D eigenvalue weighted by atomic mass is 10.1. The van der Waals surface area contributed by atoms with Crippen molar-refractivity contribution in [2.45, 2.75) is 12.5 Å². The fraction of sp³-hybridized carbons (Fsp3) is 0.357. The van der Waals surface area contributed by atoms with Crippen molar-refractivity contribution in [3.63, 3.8) is 0 Å². The molecule has 0 aliphatic heterocycles. The highest BCUT2D eigenvalue weighted by Crippen LogP contribution is 2.37. The topological polar surface area (TPSA) is 164 Å². The number of aromatic carboxylic acids is 1. The number of carboxylic acid groups (broad SMARTS) is 1. The van der Waals surface area contributed by atoms with Gasteiger partial charge in [0.1, 0.15) is 23.1 Å². The fourth-order valence-electron chi connectivity index (χ4n) is 2.03. The molecule has 0 bridgehead atoms. The molecule has 2 rings (SSSR count). The number of nitrogens with one attached hydrogen (secondary N) is 1. The van der Waals surface area contributed by atoms with Crippen molar-refractivity contribution in [2.75, 3.05) is 19.8 Å². The first-order chi connectivity index (χ1) is 11.5. The van der Waals surface area contributed by atoms with Gasteiger partial charge in [-0.15, -0.1) is 5.10 Å². The number of carbonyl (C=O) groups is 1. The summed E-state index contributed by atoms with van der Waals surface area (Å²) in [5.41, 5.74) is 5.39. The highest BCUT2D eigenvalue weighted by atomic mass is 16.5. The van der Waals surface area contributed by atoms with Gasteiger partial charge in [-0.1, -0.05) is 5.21 Å². The summed E-state index contributed by atoms with van der Waals surface area (Å²) in [6.07, 6.45) is 1.10. The second kappa shape index (κ2) is 8.13. The van der Waals surface area contributed by atoms with Gasteiger partial charge in [0, 0.05) is 25.2 Å². The molecular weight excluding hydrogens is 320 g/mol. The SMILES string of the molecule is NCCOCCC(Oc1c(O)cc(O)cc1C(=O)O)c1c[nH]nn1. The van der Waals surface area contributed by atoms with Crippen LogP contribution in [0.1, 0.15) is 28.6 Å². The summed E-state index contributed by atoms with van der Waals surface area (Å²) in [5.74, 6) is -2.51. The normalized spacial score (nSPS) is 12.0. The molecular formula is C14H18N4O6. The lowest BCUT2D eigenvalue weighted by Crippen LogP contribution is -2.15. The van der Waals surface area contributed by atoms with Crippen molar-refractivity contribution in [3.8, 4) is 17.2 Å². The lowest BCUT2D eigenvalue weighted by Gasteiger charge is -2.19. The number of hydrogen-bond acceptors (Lipinski definition) is 8. The van der Waals surface area contributed by atoms with E-state index < -0.39 is 17.8 Å². The van der Waals surface area contributed by atoms with E-state index in [2.05, 4.69) is 15.4 Å². The maximum atomic E-state index is 11.3. The molecule has 0 spiro atoms. The molecule has 24 heavy (non-hydrogen) atoms. The van der Waals surface area contributed by atoms with Crippen molar-refractivity contribution in [1.82, 2.24) is 15.4 Å². The predicted octanol–water partition coefficient (Wildman–Crippen LogP) is 0.400. The van der Waals surface area contributed by atoms with Crippen LogP contribution in [0.15, 0.2) is 18.3 Å². The van der Waals surface area contributed by atoms with E-state index in [4.69, 9.17) is 15.2 Å². The second-order valence-corrected chi connectivity index (χ2v) is 4.84. The standard InChI is InChI=1S/C14H18N4O6/c15-2-4-23-3-1-12(10-7-16-18-17-10)24-13-9(14(21)22)5-8(19)6-11(13)20/h5-7,12,19-20H,1-4,15H2,(H,21,22)(H,16,17,18). The molecule has 10 nitrogen and oxygen atoms in total. The van der Waals surface area contributed by atoms with Crippen molar-refractivity contribution in [3.05, 3.63) is 29.6 Å². The first-order valence-corrected chi connectivity index (χ1v) is 7.13. The van der Waals surface area contributed by atoms with Gasteiger partial charge in [0.05, 0.1) is 13.2 Å². The third-order valence-electron chi connectivity index (χ3n) is 3.10. The number of aromatic nitrogens is 3. The molecule has 0 amide bonds. The average Bonchev–Trinajstić information content (AvgIpc) is 3.06. The molecule has 1 aromatic carbocycles. The van der Waals surface area contributed by atoms with Crippen molar-refractivity contribution >= 4 is 5.97 Å². The Morgan fingerprint density at radius 3 is 2.75 bits per heavy atom. The molecule has 130 valence electrons. The number of phenols is 2. The molecule has 2 aromatic rings. The van der Waals surface area contributed by atoms with Crippen LogP contribution in [0.4, 0.5) is 0 Å². The molecule has 1 aromatic heterocycles. The first-order valence-electron chi connectivity index (χ1n) is 7.13. The highest BCUT2D eigenvalue weighted by molar-refractivity contribution is 5.92. The van der Waals surface area contributed by atoms with Crippen LogP contribution in [-0.2, 0) is 4.74 Å². The predicted molar refractivity (Wildman–Crippen MR) is 81.0 cm³/mol. The van der Waals surface area contributed by atoms with Crippen molar-refractivity contribution < 1.29 is 29.6 Å². The molecule has 0 radical (unpaired) electrons. The zero-order chi connectivity index (χ0) is 17.5. The first kappa shape index (κ1) is 17.5. The summed E-state index contributed by atoms with van der Waals surface area (Å²) in [4.78, 5) is 11.3. The number of carboxylic acids is 1. The molecule has 1 unspecified atom stereocenters. The maximum absolute atomic E-state index is 11.3. The van der Waals surface area contributed by atoms with E-state index in [0.29, 0.717) is 25.3 Å². The van der Waals surface area contributed by atoms with E-state index in [1.54, 1.807) is 0 Å². The number of H-pyrrole nitrogens is 1. The minimum atomic E-state index is -1.35. The van der Waals surface area contributed by atoms with Crippen LogP contribution < -0.4 is 10.5 Å². The Hall–Kier alpha value is -2.85. The van der Waals surface area contributed by atoms with Gasteiger partial charge in [0.25, 0.3) is 0 Å². The van der Waals surface area contributed by atoms with E-state index in [1.807, 2.05) is 0 Å². The largest absolute Gasteiger partial charge is 0.508 e. The number of hydrogen-bond donors (Lipinski definition) is 5. The van der Waals surface area contributed by atoms with E-state index in [-0.39, 0.29) is 23.7 Å². The fourth-order valence-corrected chi connectivity index (χ4v) is 2.03. The number of nitrogens with zero attached hydrogens (tertiary/aromatic N) is 2. The third-order valence-corrected chi connectivity index (χ3v) is 3.10. The molecule has 0 saturated carbocycles. The van der Waals surface area contributed by atoms with Crippen LogP contribution in [0.2, 0.25) is 0 Å². The van der Waals surface area contributed by atoms with E-state index in [0.717, 1.165) is 12.1 Å². The van der Waals surface area contributed by atoms with Gasteiger partial charge in [0.15, 0.2) is 11.5 Å². The van der Waals surface area contributed by atoms with Crippen LogP contribution in [0.25, 0.3) is 0 Å². The smallest absolute Gasteiger partial charge is 0.339 e. The van der Waals surface area contributed by atoms with Gasteiger partial charge in [-0.25, -0.2) is 4.79 Å². The molecule has 1 atom stereocenters. The van der Waals surface area contributed by atoms with Crippen LogP contribution in [0.3, 0.4) is 0 Å². The number of nitrogens with two attached hydrogens (primary N) is 1. The third kappa shape index (κ3) is 4.33. The van der Waals surface area contributed by atoms with Crippen molar-refractivity contribution in [2.24, 2.45) is 5.73 Å². The van der Waals surface area contributed by atoms with E-state index in [9.17, 15) is 20.1 Å². The number of rotatable bonds is 9. The van der Waals surface area contributed by atoms with Gasteiger partial charge >= 0.3 is 5.97 Å². The Labute approximate surface area is 136 Å². The Morgan fingerprint density at radius 2 is 2.12 bits per heavy atom. The van der Waals surface area contributed by atoms with Crippen LogP contribution in [0, 0.1) is 0 Å². The quantitative estimate of drug-likeness (QED) is 0.407. The van der Waals surface area contributed by atoms with Crippen LogP contribution >= 0.6 is 0 Å². The van der Waals surface area contributed by atoms with Gasteiger partial charge in [0.2, 0.25) is 0 Å². The molecule has 6 N–H and O–H groups in total. The van der Waals surface area contributed by atoms with E-state index >= 15 is 0 Å². The Bertz CT molecular complexity index is 676. The minimum absolute atomic E-state index is 0.271. The monoisotopic (exact) mass is 338 g/mol. The van der Waals surface area contributed by atoms with E-state index in [1.165, 1.54) is 6.20 Å². The molecule has 0 aliphatic carbocycles. The Kier molecular flexibility index (Phi) is 5.93. The van der Waals surface area contributed by atoms with Crippen molar-refractivity contribution in [1.29, 1.82) is 0 Å². The number of phenolic OH excluding ortho intramolecular Hbond substituents is 2. The summed E-state index contributed by atoms with van der Waals surface area (Å²) in [5, 5.41) is 38.6. The summed E-state index contributed by atoms with van der Waals surface area (Å²) < 4.78 is 10.9. The van der Waals surface area contributed by atoms with Gasteiger partial charge in [-0.05, 0) is 6.07 Å². The van der Waals surface area contributed by atoms with Crippen LogP contribution in [-0.4, -0.2) is 56.5 Å². The molecule has 1 heterocycles. The molecule has 0 fully saturated rings. The van der Waals surface area contributed by atoms with Gasteiger partial charge in [-0.2, -0.15) is 0 Å². The number of aromatic hydroxyl groups is 2. The lowest BCUT2D eigenvalue weighted by molar-refractivity contribution is 0.0677. The number of benzene rings is 1. The van der Waals surface area contributed by atoms with Gasteiger partial charge in [-0.3, -0.25) is 5.10 Å². The number of aromatic amines is 1. The Balaban J connectivity index is 2.24. The molecule has 0 aliphatic rings. The summed E-state index contributed by atoms with van der Waals surface area (Å²) >= 11 is 0. The van der Waals surface area contributed by atoms with Gasteiger partial charge < -0.3 is 30.5 Å². The summed E-state index contributed by atoms with van der Waals surface area (Å²) in [6.45, 7) is 1.03. The zero-order valence-electron chi connectivity index (χ0n) is 12.7. The summed E-state index contributed by atoms with van der Waals surface area (Å²) in [6, 6.07) is 1.98.